The molecule has 0 aromatic heterocycles. The number of rotatable bonds is 7. The summed E-state index contributed by atoms with van der Waals surface area (Å²) in [5.74, 6) is -0.545. The fraction of sp³-hybridized carbons (Fsp3) is 0.900. The molecule has 0 spiro atoms. The first-order chi connectivity index (χ1) is 7.75. The Balaban J connectivity index is 2.31. The third kappa shape index (κ3) is 4.51. The van der Waals surface area contributed by atoms with Gasteiger partial charge in [-0.15, -0.1) is 0 Å². The van der Waals surface area contributed by atoms with E-state index in [1.165, 1.54) is 0 Å². The molecule has 1 heterocycles. The van der Waals surface area contributed by atoms with Crippen molar-refractivity contribution in [2.45, 2.75) is 31.6 Å². The zero-order valence-corrected chi connectivity index (χ0v) is 9.48. The maximum atomic E-state index is 11.1. The second-order valence-electron chi connectivity index (χ2n) is 4.18. The number of carboxylic acids is 1. The van der Waals surface area contributed by atoms with Gasteiger partial charge in [0.1, 0.15) is 6.04 Å². The summed E-state index contributed by atoms with van der Waals surface area (Å²) < 4.78 is 0. The number of carbonyl (C=O) groups is 1. The predicted molar refractivity (Wildman–Crippen MR) is 62.4 cm³/mol. The first-order valence-electron chi connectivity index (χ1n) is 5.88. The van der Waals surface area contributed by atoms with Crippen LogP contribution < -0.4 is 10.6 Å². The van der Waals surface area contributed by atoms with Crippen LogP contribution in [0.4, 0.5) is 0 Å². The van der Waals surface area contributed by atoms with Gasteiger partial charge in [0.2, 0.25) is 0 Å². The van der Waals surface area contributed by atoms with Crippen LogP contribution >= 0.6 is 0 Å². The molecule has 1 saturated heterocycles. The van der Waals surface area contributed by atoms with Crippen molar-refractivity contribution in [3.8, 4) is 0 Å². The molecule has 16 heavy (non-hydrogen) atoms. The van der Waals surface area contributed by atoms with Crippen LogP contribution in [0.3, 0.4) is 0 Å². The molecular formula is C10H20BN2O3. The van der Waals surface area contributed by atoms with Crippen molar-refractivity contribution >= 4 is 13.5 Å². The van der Waals surface area contributed by atoms with Gasteiger partial charge in [-0.2, -0.15) is 0 Å². The Morgan fingerprint density at radius 2 is 2.19 bits per heavy atom. The smallest absolute Gasteiger partial charge is 0.320 e. The van der Waals surface area contributed by atoms with Crippen LogP contribution in [0.15, 0.2) is 0 Å². The lowest BCUT2D eigenvalue weighted by Gasteiger charge is -2.28. The minimum absolute atomic E-state index is 0.219. The number of hydrogen-bond donors (Lipinski definition) is 4. The topological polar surface area (TPSA) is 81.6 Å². The van der Waals surface area contributed by atoms with Gasteiger partial charge < -0.3 is 20.8 Å². The average Bonchev–Trinajstić information content (AvgIpc) is 2.30. The molecule has 0 saturated carbocycles. The second-order valence-corrected chi connectivity index (χ2v) is 4.18. The van der Waals surface area contributed by atoms with Gasteiger partial charge >= 0.3 is 5.97 Å². The number of piperidine rings is 1. The SMILES string of the molecule is O=C(O)C(NCCC[B]O)C1CCNCC1. The van der Waals surface area contributed by atoms with Gasteiger partial charge in [0.05, 0.1) is 0 Å². The highest BCUT2D eigenvalue weighted by molar-refractivity contribution is 6.25. The molecule has 0 aliphatic carbocycles. The molecular weight excluding hydrogens is 207 g/mol. The lowest BCUT2D eigenvalue weighted by molar-refractivity contribution is -0.141. The standard InChI is InChI=1S/C10H20BN2O3/c14-10(15)9(13-5-1-4-11-16)8-2-6-12-7-3-8/h8-9,12-13,16H,1-7H2,(H,14,15). The summed E-state index contributed by atoms with van der Waals surface area (Å²) in [6.45, 7) is 2.44. The van der Waals surface area contributed by atoms with Gasteiger partial charge in [0.15, 0.2) is 0 Å². The van der Waals surface area contributed by atoms with E-state index in [1.54, 1.807) is 0 Å². The molecule has 5 nitrogen and oxygen atoms in total. The summed E-state index contributed by atoms with van der Waals surface area (Å²) in [5, 5.41) is 23.9. The summed E-state index contributed by atoms with van der Waals surface area (Å²) in [7, 11) is 1.11. The van der Waals surface area contributed by atoms with Crippen molar-refractivity contribution < 1.29 is 14.9 Å². The quantitative estimate of drug-likeness (QED) is 0.346. The fourth-order valence-electron chi connectivity index (χ4n) is 2.08. The Morgan fingerprint density at radius 3 is 2.75 bits per heavy atom. The Bertz CT molecular complexity index is 210. The van der Waals surface area contributed by atoms with E-state index >= 15 is 0 Å². The molecule has 91 valence electrons. The van der Waals surface area contributed by atoms with Gasteiger partial charge in [-0.1, -0.05) is 6.32 Å². The van der Waals surface area contributed by atoms with Crippen molar-refractivity contribution in [1.29, 1.82) is 0 Å². The van der Waals surface area contributed by atoms with Crippen LogP contribution in [0.25, 0.3) is 0 Å². The molecule has 1 unspecified atom stereocenters. The van der Waals surface area contributed by atoms with E-state index < -0.39 is 12.0 Å². The van der Waals surface area contributed by atoms with Gasteiger partial charge in [-0.05, 0) is 44.8 Å². The van der Waals surface area contributed by atoms with Crippen molar-refractivity contribution in [3.05, 3.63) is 0 Å². The lowest BCUT2D eigenvalue weighted by Crippen LogP contribution is -2.47. The van der Waals surface area contributed by atoms with Crippen molar-refractivity contribution in [2.24, 2.45) is 5.92 Å². The molecule has 1 atom stereocenters. The van der Waals surface area contributed by atoms with E-state index in [-0.39, 0.29) is 5.92 Å². The summed E-state index contributed by atoms with van der Waals surface area (Å²) in [6, 6.07) is -0.444. The number of hydrogen-bond acceptors (Lipinski definition) is 4. The minimum Gasteiger partial charge on any atom is -0.480 e. The minimum atomic E-state index is -0.764. The molecule has 1 rings (SSSR count). The number of nitrogens with one attached hydrogen (secondary N) is 2. The van der Waals surface area contributed by atoms with Gasteiger partial charge in [0.25, 0.3) is 7.48 Å². The van der Waals surface area contributed by atoms with Crippen LogP contribution in [0.2, 0.25) is 6.32 Å². The Hall–Kier alpha value is -0.585. The molecule has 1 aliphatic heterocycles. The van der Waals surface area contributed by atoms with E-state index in [9.17, 15) is 4.79 Å². The fourth-order valence-corrected chi connectivity index (χ4v) is 2.08. The monoisotopic (exact) mass is 227 g/mol. The van der Waals surface area contributed by atoms with Gasteiger partial charge in [-0.25, -0.2) is 0 Å². The highest BCUT2D eigenvalue weighted by Crippen LogP contribution is 2.16. The molecule has 6 heteroatoms. The van der Waals surface area contributed by atoms with E-state index in [0.29, 0.717) is 12.9 Å². The van der Waals surface area contributed by atoms with Crippen LogP contribution in [0.5, 0.6) is 0 Å². The van der Waals surface area contributed by atoms with Crippen molar-refractivity contribution in [2.75, 3.05) is 19.6 Å². The van der Waals surface area contributed by atoms with E-state index in [4.69, 9.17) is 10.1 Å². The van der Waals surface area contributed by atoms with Gasteiger partial charge in [0, 0.05) is 0 Å². The Labute approximate surface area is 96.9 Å². The Kier molecular flexibility index (Phi) is 6.44. The number of aliphatic carboxylic acids is 1. The van der Waals surface area contributed by atoms with E-state index in [1.807, 2.05) is 0 Å². The second kappa shape index (κ2) is 7.65. The summed E-state index contributed by atoms with van der Waals surface area (Å²) in [6.07, 6.45) is 3.20. The molecule has 1 aliphatic rings. The lowest BCUT2D eigenvalue weighted by atomic mass is 9.89. The zero-order chi connectivity index (χ0) is 11.8. The first kappa shape index (κ1) is 13.5. The highest BCUT2D eigenvalue weighted by atomic mass is 16.4. The van der Waals surface area contributed by atoms with Crippen LogP contribution in [-0.4, -0.2) is 49.3 Å². The van der Waals surface area contributed by atoms with Crippen LogP contribution in [0.1, 0.15) is 19.3 Å². The summed E-state index contributed by atoms with van der Waals surface area (Å²) in [5.41, 5.74) is 0. The van der Waals surface area contributed by atoms with E-state index in [0.717, 1.165) is 39.8 Å². The molecule has 0 amide bonds. The number of carboxylic acid groups (broad SMARTS) is 1. The normalized spacial score (nSPS) is 19.3. The molecule has 0 aromatic carbocycles. The van der Waals surface area contributed by atoms with E-state index in [2.05, 4.69) is 10.6 Å². The van der Waals surface area contributed by atoms with Crippen LogP contribution in [0, 0.1) is 5.92 Å². The maximum absolute atomic E-state index is 11.1. The molecule has 0 bridgehead atoms. The van der Waals surface area contributed by atoms with Crippen molar-refractivity contribution in [3.63, 3.8) is 0 Å². The molecule has 1 radical (unpaired) electrons. The summed E-state index contributed by atoms with van der Waals surface area (Å²) in [4.78, 5) is 11.1. The third-order valence-electron chi connectivity index (χ3n) is 3.00. The maximum Gasteiger partial charge on any atom is 0.320 e. The third-order valence-corrected chi connectivity index (χ3v) is 3.00. The zero-order valence-electron chi connectivity index (χ0n) is 9.48. The molecule has 0 aromatic rings. The Morgan fingerprint density at radius 1 is 1.50 bits per heavy atom. The highest BCUT2D eigenvalue weighted by Gasteiger charge is 2.28. The molecule has 4 N–H and O–H groups in total. The summed E-state index contributed by atoms with van der Waals surface area (Å²) >= 11 is 0. The van der Waals surface area contributed by atoms with Gasteiger partial charge in [-0.3, -0.25) is 4.79 Å². The predicted octanol–water partition coefficient (Wildman–Crippen LogP) is -0.551. The van der Waals surface area contributed by atoms with Crippen molar-refractivity contribution in [1.82, 2.24) is 10.6 Å². The molecule has 1 fully saturated rings. The largest absolute Gasteiger partial charge is 0.480 e. The average molecular weight is 227 g/mol. The van der Waals surface area contributed by atoms with Crippen LogP contribution in [-0.2, 0) is 4.79 Å². The first-order valence-corrected chi connectivity index (χ1v) is 5.88.